The van der Waals surface area contributed by atoms with E-state index in [1.165, 1.54) is 6.07 Å². The third kappa shape index (κ3) is 2.25. The molecule has 0 bridgehead atoms. The predicted octanol–water partition coefficient (Wildman–Crippen LogP) is 2.67. The second-order valence-corrected chi connectivity index (χ2v) is 6.51. The van der Waals surface area contributed by atoms with Gasteiger partial charge in [0.2, 0.25) is 0 Å². The van der Waals surface area contributed by atoms with Crippen LogP contribution in [0.25, 0.3) is 0 Å². The SMILES string of the molecule is CNc1ncc(F)cc1C(=O)NCC1C(C)(C)C1(C)C. The minimum Gasteiger partial charge on any atom is -0.372 e. The number of hydrogen-bond donors (Lipinski definition) is 2. The number of aromatic nitrogens is 1. The molecule has 1 aromatic rings. The van der Waals surface area contributed by atoms with E-state index in [-0.39, 0.29) is 22.3 Å². The molecule has 1 fully saturated rings. The standard InChI is InChI=1S/C15H22FN3O/c1-14(2)11(15(14,3)4)8-19-13(20)10-6-9(16)7-18-12(10)17-5/h6-7,11H,8H2,1-5H3,(H,17,18)(H,19,20). The van der Waals surface area contributed by atoms with Gasteiger partial charge in [-0.3, -0.25) is 4.79 Å². The number of amides is 1. The Morgan fingerprint density at radius 1 is 1.35 bits per heavy atom. The predicted molar refractivity (Wildman–Crippen MR) is 77.1 cm³/mol. The fourth-order valence-electron chi connectivity index (χ4n) is 2.95. The molecule has 110 valence electrons. The highest BCUT2D eigenvalue weighted by atomic mass is 19.1. The summed E-state index contributed by atoms with van der Waals surface area (Å²) in [6.45, 7) is 9.40. The molecule has 5 heteroatoms. The van der Waals surface area contributed by atoms with E-state index in [0.29, 0.717) is 18.3 Å². The monoisotopic (exact) mass is 279 g/mol. The molecular weight excluding hydrogens is 257 g/mol. The maximum absolute atomic E-state index is 13.2. The van der Waals surface area contributed by atoms with E-state index in [9.17, 15) is 9.18 Å². The van der Waals surface area contributed by atoms with Crippen molar-refractivity contribution in [3.8, 4) is 0 Å². The molecule has 1 amide bonds. The molecule has 1 aromatic heterocycles. The van der Waals surface area contributed by atoms with Crippen molar-refractivity contribution in [2.75, 3.05) is 18.9 Å². The summed E-state index contributed by atoms with van der Waals surface area (Å²) in [4.78, 5) is 16.0. The van der Waals surface area contributed by atoms with E-state index < -0.39 is 5.82 Å². The van der Waals surface area contributed by atoms with Crippen LogP contribution in [0.2, 0.25) is 0 Å². The maximum Gasteiger partial charge on any atom is 0.255 e. The van der Waals surface area contributed by atoms with E-state index >= 15 is 0 Å². The first kappa shape index (κ1) is 14.8. The van der Waals surface area contributed by atoms with Crippen LogP contribution in [0.1, 0.15) is 38.1 Å². The Kier molecular flexibility index (Phi) is 3.48. The van der Waals surface area contributed by atoms with Gasteiger partial charge in [-0.05, 0) is 22.8 Å². The molecule has 2 rings (SSSR count). The molecule has 1 aliphatic rings. The van der Waals surface area contributed by atoms with Gasteiger partial charge in [-0.25, -0.2) is 9.37 Å². The van der Waals surface area contributed by atoms with Gasteiger partial charge in [-0.2, -0.15) is 0 Å². The van der Waals surface area contributed by atoms with Crippen LogP contribution in [0.3, 0.4) is 0 Å². The Morgan fingerprint density at radius 3 is 2.45 bits per heavy atom. The molecule has 1 saturated carbocycles. The lowest BCUT2D eigenvalue weighted by molar-refractivity contribution is 0.0950. The molecule has 1 heterocycles. The van der Waals surface area contributed by atoms with E-state index in [1.54, 1.807) is 7.05 Å². The Labute approximate surface area is 119 Å². The highest BCUT2D eigenvalue weighted by molar-refractivity contribution is 5.98. The molecule has 4 nitrogen and oxygen atoms in total. The minimum atomic E-state index is -0.513. The van der Waals surface area contributed by atoms with Gasteiger partial charge in [-0.1, -0.05) is 27.7 Å². The molecule has 0 radical (unpaired) electrons. The Bertz CT molecular complexity index is 526. The van der Waals surface area contributed by atoms with Crippen molar-refractivity contribution in [3.05, 3.63) is 23.6 Å². The first-order valence-corrected chi connectivity index (χ1v) is 6.83. The quantitative estimate of drug-likeness (QED) is 0.891. The van der Waals surface area contributed by atoms with Crippen LogP contribution >= 0.6 is 0 Å². The molecule has 0 spiro atoms. The second-order valence-electron chi connectivity index (χ2n) is 6.51. The fourth-order valence-corrected chi connectivity index (χ4v) is 2.95. The van der Waals surface area contributed by atoms with E-state index in [2.05, 4.69) is 43.3 Å². The third-order valence-corrected chi connectivity index (χ3v) is 5.12. The van der Waals surface area contributed by atoms with Crippen molar-refractivity contribution in [2.45, 2.75) is 27.7 Å². The van der Waals surface area contributed by atoms with Crippen molar-refractivity contribution in [3.63, 3.8) is 0 Å². The molecule has 0 unspecified atom stereocenters. The Balaban J connectivity index is 2.05. The number of halogens is 1. The Morgan fingerprint density at radius 2 is 1.95 bits per heavy atom. The van der Waals surface area contributed by atoms with Gasteiger partial charge in [0, 0.05) is 13.6 Å². The largest absolute Gasteiger partial charge is 0.372 e. The zero-order valence-electron chi connectivity index (χ0n) is 12.7. The normalized spacial score (nSPS) is 19.5. The summed E-state index contributed by atoms with van der Waals surface area (Å²) in [5.74, 6) is 0.0119. The topological polar surface area (TPSA) is 54.0 Å². The third-order valence-electron chi connectivity index (χ3n) is 5.12. The highest BCUT2D eigenvalue weighted by Gasteiger charge is 2.64. The molecule has 0 saturated heterocycles. The van der Waals surface area contributed by atoms with Crippen LogP contribution in [0.4, 0.5) is 10.2 Å². The fraction of sp³-hybridized carbons (Fsp3) is 0.600. The first-order valence-electron chi connectivity index (χ1n) is 6.83. The van der Waals surface area contributed by atoms with Gasteiger partial charge in [0.05, 0.1) is 11.8 Å². The zero-order valence-corrected chi connectivity index (χ0v) is 12.7. The number of pyridine rings is 1. The van der Waals surface area contributed by atoms with Crippen molar-refractivity contribution < 1.29 is 9.18 Å². The van der Waals surface area contributed by atoms with Gasteiger partial charge in [-0.15, -0.1) is 0 Å². The summed E-state index contributed by atoms with van der Waals surface area (Å²) in [7, 11) is 1.66. The molecule has 20 heavy (non-hydrogen) atoms. The molecular formula is C15H22FN3O. The van der Waals surface area contributed by atoms with E-state index in [0.717, 1.165) is 6.20 Å². The summed E-state index contributed by atoms with van der Waals surface area (Å²) in [6, 6.07) is 1.21. The summed E-state index contributed by atoms with van der Waals surface area (Å²) < 4.78 is 13.2. The minimum absolute atomic E-state index is 0.215. The number of carbonyl (C=O) groups excluding carboxylic acids is 1. The number of rotatable bonds is 4. The number of carbonyl (C=O) groups is 1. The second kappa shape index (κ2) is 4.72. The number of anilines is 1. The highest BCUT2D eigenvalue weighted by Crippen LogP contribution is 2.67. The van der Waals surface area contributed by atoms with Crippen molar-refractivity contribution >= 4 is 11.7 Å². The average molecular weight is 279 g/mol. The summed E-state index contributed by atoms with van der Waals surface area (Å²) in [5, 5.41) is 5.69. The van der Waals surface area contributed by atoms with Gasteiger partial charge < -0.3 is 10.6 Å². The molecule has 1 aliphatic carbocycles. The summed E-state index contributed by atoms with van der Waals surface area (Å²) >= 11 is 0. The number of hydrogen-bond acceptors (Lipinski definition) is 3. The van der Waals surface area contributed by atoms with Gasteiger partial charge in [0.25, 0.3) is 5.91 Å². The van der Waals surface area contributed by atoms with Gasteiger partial charge in [0.15, 0.2) is 0 Å². The molecule has 0 atom stereocenters. The average Bonchev–Trinajstić information content (AvgIpc) is 2.76. The van der Waals surface area contributed by atoms with Crippen molar-refractivity contribution in [2.24, 2.45) is 16.7 Å². The maximum atomic E-state index is 13.2. The molecule has 2 N–H and O–H groups in total. The van der Waals surface area contributed by atoms with Crippen LogP contribution in [0.5, 0.6) is 0 Å². The van der Waals surface area contributed by atoms with Crippen molar-refractivity contribution in [1.82, 2.24) is 10.3 Å². The van der Waals surface area contributed by atoms with E-state index in [4.69, 9.17) is 0 Å². The lowest BCUT2D eigenvalue weighted by Crippen LogP contribution is -2.28. The smallest absolute Gasteiger partial charge is 0.255 e. The van der Waals surface area contributed by atoms with Crippen LogP contribution in [-0.4, -0.2) is 24.5 Å². The van der Waals surface area contributed by atoms with Gasteiger partial charge in [0.1, 0.15) is 11.6 Å². The Hall–Kier alpha value is -1.65. The van der Waals surface area contributed by atoms with Crippen LogP contribution in [0, 0.1) is 22.6 Å². The molecule has 0 aromatic carbocycles. The summed E-state index contributed by atoms with van der Waals surface area (Å²) in [5.41, 5.74) is 0.669. The van der Waals surface area contributed by atoms with Crippen LogP contribution in [-0.2, 0) is 0 Å². The van der Waals surface area contributed by atoms with Crippen molar-refractivity contribution in [1.29, 1.82) is 0 Å². The van der Waals surface area contributed by atoms with Gasteiger partial charge >= 0.3 is 0 Å². The molecule has 0 aliphatic heterocycles. The van der Waals surface area contributed by atoms with E-state index in [1.807, 2.05) is 0 Å². The number of nitrogens with zero attached hydrogens (tertiary/aromatic N) is 1. The van der Waals surface area contributed by atoms with Crippen LogP contribution in [0.15, 0.2) is 12.3 Å². The number of nitrogens with one attached hydrogen (secondary N) is 2. The summed E-state index contributed by atoms with van der Waals surface area (Å²) in [6.07, 6.45) is 1.09. The lowest BCUT2D eigenvalue weighted by Gasteiger charge is -2.10. The first-order chi connectivity index (χ1) is 9.21. The zero-order chi connectivity index (χ0) is 15.1. The lowest BCUT2D eigenvalue weighted by atomic mass is 10.0. The van der Waals surface area contributed by atoms with Crippen LogP contribution < -0.4 is 10.6 Å².